The number of piperidine rings is 1. The smallest absolute Gasteiger partial charge is 0.207 e. The lowest BCUT2D eigenvalue weighted by Crippen LogP contribution is -2.44. The Labute approximate surface area is 173 Å². The fourth-order valence-corrected chi connectivity index (χ4v) is 4.17. The van der Waals surface area contributed by atoms with Crippen molar-refractivity contribution >= 4 is 28.6 Å². The van der Waals surface area contributed by atoms with Gasteiger partial charge in [0.05, 0.1) is 17.6 Å². The average molecular weight is 408 g/mol. The molecule has 1 aliphatic heterocycles. The van der Waals surface area contributed by atoms with Crippen molar-refractivity contribution < 1.29 is 4.52 Å². The summed E-state index contributed by atoms with van der Waals surface area (Å²) in [5.41, 5.74) is 9.97. The van der Waals surface area contributed by atoms with Crippen molar-refractivity contribution in [2.45, 2.75) is 25.4 Å². The predicted octanol–water partition coefficient (Wildman–Crippen LogP) is 4.32. The molecule has 0 amide bonds. The Kier molecular flexibility index (Phi) is 4.73. The van der Waals surface area contributed by atoms with E-state index in [4.69, 9.17) is 26.8 Å². The number of aromatic nitrogens is 3. The van der Waals surface area contributed by atoms with E-state index in [1.165, 1.54) is 0 Å². The lowest BCUT2D eigenvalue weighted by molar-refractivity contribution is 0.379. The summed E-state index contributed by atoms with van der Waals surface area (Å²) in [7, 11) is 0. The minimum atomic E-state index is 0.178. The lowest BCUT2D eigenvalue weighted by atomic mass is 10.1. The SMILES string of the molecule is NC1CCCN(c2nc3ccccc3n2Cc2cc(-c3cccc(Cl)c3)no2)C1. The molecule has 1 unspecified atom stereocenters. The summed E-state index contributed by atoms with van der Waals surface area (Å²) in [4.78, 5) is 7.18. The van der Waals surface area contributed by atoms with Crippen LogP contribution in [0.15, 0.2) is 59.1 Å². The number of halogens is 1. The normalized spacial score (nSPS) is 17.2. The monoisotopic (exact) mass is 407 g/mol. The summed E-state index contributed by atoms with van der Waals surface area (Å²) in [6.07, 6.45) is 2.13. The van der Waals surface area contributed by atoms with E-state index in [-0.39, 0.29) is 6.04 Å². The zero-order valence-electron chi connectivity index (χ0n) is 16.0. The highest BCUT2D eigenvalue weighted by Crippen LogP contribution is 2.28. The first-order valence-electron chi connectivity index (χ1n) is 9.85. The highest BCUT2D eigenvalue weighted by molar-refractivity contribution is 6.30. The summed E-state index contributed by atoms with van der Waals surface area (Å²) in [5, 5.41) is 4.92. The van der Waals surface area contributed by atoms with Crippen LogP contribution in [0.1, 0.15) is 18.6 Å². The van der Waals surface area contributed by atoms with Crippen molar-refractivity contribution in [1.82, 2.24) is 14.7 Å². The van der Waals surface area contributed by atoms with Crippen molar-refractivity contribution in [2.75, 3.05) is 18.0 Å². The Morgan fingerprint density at radius 1 is 1.14 bits per heavy atom. The molecule has 0 radical (unpaired) electrons. The standard InChI is InChI=1S/C22H22ClN5O/c23-16-6-3-5-15(11-16)20-12-18(29-26-20)14-28-21-9-2-1-8-19(21)25-22(28)27-10-4-7-17(24)13-27/h1-3,5-6,8-9,11-12,17H,4,7,10,13-14,24H2. The molecular weight excluding hydrogens is 386 g/mol. The molecule has 0 aliphatic carbocycles. The molecule has 148 valence electrons. The third kappa shape index (κ3) is 3.61. The summed E-state index contributed by atoms with van der Waals surface area (Å²) < 4.78 is 7.85. The summed E-state index contributed by atoms with van der Waals surface area (Å²) in [6.45, 7) is 2.32. The Morgan fingerprint density at radius 3 is 2.90 bits per heavy atom. The zero-order valence-corrected chi connectivity index (χ0v) is 16.7. The number of hydrogen-bond donors (Lipinski definition) is 1. The van der Waals surface area contributed by atoms with Gasteiger partial charge in [-0.15, -0.1) is 0 Å². The largest absolute Gasteiger partial charge is 0.359 e. The van der Waals surface area contributed by atoms with Crippen LogP contribution in [0.4, 0.5) is 5.95 Å². The van der Waals surface area contributed by atoms with Gasteiger partial charge in [0.1, 0.15) is 5.69 Å². The summed E-state index contributed by atoms with van der Waals surface area (Å²) >= 11 is 6.11. The van der Waals surface area contributed by atoms with Gasteiger partial charge < -0.3 is 19.7 Å². The van der Waals surface area contributed by atoms with E-state index in [9.17, 15) is 0 Å². The molecule has 1 atom stereocenters. The number of nitrogens with zero attached hydrogens (tertiary/aromatic N) is 4. The third-order valence-corrected chi connectivity index (χ3v) is 5.60. The maximum Gasteiger partial charge on any atom is 0.207 e. The second kappa shape index (κ2) is 7.54. The van der Waals surface area contributed by atoms with E-state index in [1.807, 2.05) is 48.5 Å². The topological polar surface area (TPSA) is 73.1 Å². The highest BCUT2D eigenvalue weighted by atomic mass is 35.5. The molecule has 6 nitrogen and oxygen atoms in total. The van der Waals surface area contributed by atoms with Crippen LogP contribution >= 0.6 is 11.6 Å². The van der Waals surface area contributed by atoms with E-state index in [0.29, 0.717) is 11.6 Å². The number of nitrogens with two attached hydrogens (primary N) is 1. The molecule has 5 rings (SSSR count). The first-order chi connectivity index (χ1) is 14.2. The molecule has 1 saturated heterocycles. The number of benzene rings is 2. The lowest BCUT2D eigenvalue weighted by Gasteiger charge is -2.31. The van der Waals surface area contributed by atoms with Crippen LogP contribution in [0.2, 0.25) is 5.02 Å². The second-order valence-electron chi connectivity index (χ2n) is 7.52. The summed E-state index contributed by atoms with van der Waals surface area (Å²) in [5.74, 6) is 1.70. The molecule has 2 aromatic carbocycles. The quantitative estimate of drug-likeness (QED) is 0.545. The number of fused-ring (bicyclic) bond motifs is 1. The number of anilines is 1. The number of rotatable bonds is 4. The van der Waals surface area contributed by atoms with Crippen LogP contribution in [0.3, 0.4) is 0 Å². The average Bonchev–Trinajstić information content (AvgIpc) is 3.34. The predicted molar refractivity (Wildman–Crippen MR) is 115 cm³/mol. The molecular formula is C22H22ClN5O. The second-order valence-corrected chi connectivity index (χ2v) is 7.96. The van der Waals surface area contributed by atoms with Gasteiger partial charge in [0.15, 0.2) is 5.76 Å². The minimum Gasteiger partial charge on any atom is -0.359 e. The Morgan fingerprint density at radius 2 is 2.03 bits per heavy atom. The summed E-state index contributed by atoms with van der Waals surface area (Å²) in [6, 6.07) is 17.9. The molecule has 7 heteroatoms. The van der Waals surface area contributed by atoms with Crippen molar-refractivity contribution in [3.8, 4) is 11.3 Å². The maximum atomic E-state index is 6.22. The Hall–Kier alpha value is -2.83. The highest BCUT2D eigenvalue weighted by Gasteiger charge is 2.23. The molecule has 2 aromatic heterocycles. The van der Waals surface area contributed by atoms with Crippen LogP contribution in [0.5, 0.6) is 0 Å². The number of imidazole rings is 1. The van der Waals surface area contributed by atoms with Crippen LogP contribution in [0.25, 0.3) is 22.3 Å². The molecule has 2 N–H and O–H groups in total. The van der Waals surface area contributed by atoms with Crippen molar-refractivity contribution in [3.63, 3.8) is 0 Å². The minimum absolute atomic E-state index is 0.178. The van der Waals surface area contributed by atoms with Crippen LogP contribution in [-0.4, -0.2) is 33.8 Å². The van der Waals surface area contributed by atoms with Gasteiger partial charge in [0.2, 0.25) is 5.95 Å². The van der Waals surface area contributed by atoms with Gasteiger partial charge in [-0.1, -0.05) is 41.0 Å². The molecule has 29 heavy (non-hydrogen) atoms. The van der Waals surface area contributed by atoms with Crippen LogP contribution in [0, 0.1) is 0 Å². The van der Waals surface area contributed by atoms with Gasteiger partial charge in [0, 0.05) is 35.8 Å². The van der Waals surface area contributed by atoms with Gasteiger partial charge in [-0.25, -0.2) is 4.98 Å². The Balaban J connectivity index is 1.51. The maximum absolute atomic E-state index is 6.22. The third-order valence-electron chi connectivity index (χ3n) is 5.37. The van der Waals surface area contributed by atoms with E-state index >= 15 is 0 Å². The van der Waals surface area contributed by atoms with Crippen LogP contribution < -0.4 is 10.6 Å². The van der Waals surface area contributed by atoms with Crippen LogP contribution in [-0.2, 0) is 6.54 Å². The molecule has 1 fully saturated rings. The first kappa shape index (κ1) is 18.2. The van der Waals surface area contributed by atoms with Crippen molar-refractivity contribution in [1.29, 1.82) is 0 Å². The zero-order chi connectivity index (χ0) is 19.8. The first-order valence-corrected chi connectivity index (χ1v) is 10.2. The molecule has 0 bridgehead atoms. The van der Waals surface area contributed by atoms with Gasteiger partial charge in [0.25, 0.3) is 0 Å². The molecule has 0 spiro atoms. The van der Waals surface area contributed by atoms with Crippen molar-refractivity contribution in [3.05, 3.63) is 65.4 Å². The Bertz CT molecular complexity index is 1150. The van der Waals surface area contributed by atoms with Gasteiger partial charge in [-0.05, 0) is 37.1 Å². The molecule has 0 saturated carbocycles. The van der Waals surface area contributed by atoms with Crippen molar-refractivity contribution in [2.24, 2.45) is 5.73 Å². The van der Waals surface area contributed by atoms with E-state index in [0.717, 1.165) is 59.9 Å². The molecule has 3 heterocycles. The van der Waals surface area contributed by atoms with E-state index in [2.05, 4.69) is 20.7 Å². The number of hydrogen-bond acceptors (Lipinski definition) is 5. The van der Waals surface area contributed by atoms with E-state index < -0.39 is 0 Å². The van der Waals surface area contributed by atoms with Gasteiger partial charge >= 0.3 is 0 Å². The number of para-hydroxylation sites is 2. The fourth-order valence-electron chi connectivity index (χ4n) is 3.98. The molecule has 4 aromatic rings. The molecule has 1 aliphatic rings. The van der Waals surface area contributed by atoms with E-state index in [1.54, 1.807) is 0 Å². The fraction of sp³-hybridized carbons (Fsp3) is 0.273. The van der Waals surface area contributed by atoms with Gasteiger partial charge in [-0.3, -0.25) is 0 Å². The van der Waals surface area contributed by atoms with Gasteiger partial charge in [-0.2, -0.15) is 0 Å².